The van der Waals surface area contributed by atoms with E-state index in [1.165, 1.54) is 7.11 Å². The van der Waals surface area contributed by atoms with Crippen LogP contribution in [0.25, 0.3) is 0 Å². The van der Waals surface area contributed by atoms with E-state index >= 15 is 0 Å². The van der Waals surface area contributed by atoms with Crippen LogP contribution in [0.1, 0.15) is 23.5 Å². The highest BCUT2D eigenvalue weighted by Crippen LogP contribution is 2.47. The molecule has 1 heterocycles. The van der Waals surface area contributed by atoms with Crippen LogP contribution in [-0.2, 0) is 20.7 Å². The van der Waals surface area contributed by atoms with Crippen molar-refractivity contribution >= 4 is 11.8 Å². The third-order valence-electron chi connectivity index (χ3n) is 6.89. The van der Waals surface area contributed by atoms with Crippen molar-refractivity contribution in [2.75, 3.05) is 40.5 Å². The van der Waals surface area contributed by atoms with Crippen molar-refractivity contribution in [1.29, 1.82) is 0 Å². The number of fused-ring (bicyclic) bond motifs is 3. The molecule has 2 amide bonds. The fourth-order valence-electron chi connectivity index (χ4n) is 5.11. The lowest BCUT2D eigenvalue weighted by Crippen LogP contribution is -2.56. The van der Waals surface area contributed by atoms with Gasteiger partial charge in [-0.2, -0.15) is 0 Å². The number of hydrogen-bond donors (Lipinski definition) is 3. The fraction of sp³-hybridized carbons (Fsp3) is 0.429. The quantitative estimate of drug-likeness (QED) is 0.419. The lowest BCUT2D eigenvalue weighted by atomic mass is 9.77. The van der Waals surface area contributed by atoms with Crippen LogP contribution in [0, 0.1) is 0 Å². The number of para-hydroxylation sites is 2. The minimum Gasteiger partial charge on any atom is -0.496 e. The molecule has 2 aromatic rings. The maximum Gasteiger partial charge on any atom is 0.247 e. The number of rotatable bonds is 11. The largest absolute Gasteiger partial charge is 0.496 e. The van der Waals surface area contributed by atoms with Gasteiger partial charge in [0, 0.05) is 31.3 Å². The first-order valence-corrected chi connectivity index (χ1v) is 12.4. The Bertz CT molecular complexity index is 1140. The van der Waals surface area contributed by atoms with Gasteiger partial charge in [-0.15, -0.1) is 0 Å². The van der Waals surface area contributed by atoms with Crippen molar-refractivity contribution in [2.24, 2.45) is 0 Å². The van der Waals surface area contributed by atoms with Gasteiger partial charge in [-0.25, -0.2) is 0 Å². The molecule has 1 aliphatic heterocycles. The number of aliphatic hydroxyl groups is 2. The van der Waals surface area contributed by atoms with E-state index in [-0.39, 0.29) is 44.5 Å². The van der Waals surface area contributed by atoms with Crippen molar-refractivity contribution < 1.29 is 34.0 Å². The summed E-state index contributed by atoms with van der Waals surface area (Å²) in [7, 11) is 3.13. The Labute approximate surface area is 216 Å². The fourth-order valence-corrected chi connectivity index (χ4v) is 5.11. The molecule has 9 nitrogen and oxygen atoms in total. The highest BCUT2D eigenvalue weighted by Gasteiger charge is 2.50. The van der Waals surface area contributed by atoms with Crippen molar-refractivity contribution in [3.63, 3.8) is 0 Å². The molecule has 198 valence electrons. The molecule has 2 aliphatic rings. The van der Waals surface area contributed by atoms with Crippen molar-refractivity contribution in [2.45, 2.75) is 37.0 Å². The molecule has 0 fully saturated rings. The monoisotopic (exact) mass is 510 g/mol. The number of ether oxygens (including phenoxy) is 3. The zero-order chi connectivity index (χ0) is 26.4. The third kappa shape index (κ3) is 5.64. The first-order valence-electron chi connectivity index (χ1n) is 12.4. The van der Waals surface area contributed by atoms with E-state index in [2.05, 4.69) is 5.32 Å². The second kappa shape index (κ2) is 12.2. The van der Waals surface area contributed by atoms with Crippen LogP contribution in [0.15, 0.2) is 60.2 Å². The Morgan fingerprint density at radius 2 is 1.86 bits per heavy atom. The maximum atomic E-state index is 13.4. The smallest absolute Gasteiger partial charge is 0.247 e. The zero-order valence-corrected chi connectivity index (χ0v) is 21.1. The average Bonchev–Trinajstić information content (AvgIpc) is 3.32. The summed E-state index contributed by atoms with van der Waals surface area (Å²) in [5.41, 5.74) is 2.13. The zero-order valence-electron chi connectivity index (χ0n) is 21.1. The van der Waals surface area contributed by atoms with Crippen LogP contribution < -0.4 is 14.8 Å². The average molecular weight is 511 g/mol. The molecule has 1 aliphatic carbocycles. The second-order valence-corrected chi connectivity index (χ2v) is 9.07. The van der Waals surface area contributed by atoms with Gasteiger partial charge in [0.15, 0.2) is 0 Å². The van der Waals surface area contributed by atoms with Gasteiger partial charge in [-0.1, -0.05) is 36.4 Å². The third-order valence-corrected chi connectivity index (χ3v) is 6.89. The van der Waals surface area contributed by atoms with Crippen LogP contribution >= 0.6 is 0 Å². The van der Waals surface area contributed by atoms with Gasteiger partial charge in [0.2, 0.25) is 11.8 Å². The first kappa shape index (κ1) is 26.7. The molecule has 4 rings (SSSR count). The van der Waals surface area contributed by atoms with Gasteiger partial charge in [0.05, 0.1) is 38.7 Å². The molecular weight excluding hydrogens is 476 g/mol. The van der Waals surface area contributed by atoms with Crippen LogP contribution in [0.2, 0.25) is 0 Å². The minimum absolute atomic E-state index is 0.0908. The van der Waals surface area contributed by atoms with Gasteiger partial charge >= 0.3 is 0 Å². The number of nitrogens with one attached hydrogen (secondary N) is 1. The maximum absolute atomic E-state index is 13.4. The summed E-state index contributed by atoms with van der Waals surface area (Å²) in [6.45, 7) is 0.408. The molecule has 0 bridgehead atoms. The summed E-state index contributed by atoms with van der Waals surface area (Å²) in [6.07, 6.45) is 0.473. The van der Waals surface area contributed by atoms with Crippen molar-refractivity contribution in [3.8, 4) is 11.5 Å². The lowest BCUT2D eigenvalue weighted by Gasteiger charge is -2.41. The number of carbonyl (C=O) groups is 2. The van der Waals surface area contributed by atoms with Gasteiger partial charge in [0.25, 0.3) is 0 Å². The molecule has 3 N–H and O–H groups in total. The number of benzene rings is 2. The highest BCUT2D eigenvalue weighted by molar-refractivity contribution is 5.96. The Morgan fingerprint density at radius 3 is 2.62 bits per heavy atom. The van der Waals surface area contributed by atoms with E-state index in [1.54, 1.807) is 18.1 Å². The number of carbonyl (C=O) groups excluding carboxylic acids is 2. The molecular formula is C28H34N2O7. The minimum atomic E-state index is -1.07. The SMILES string of the molecule is COCCC(=O)N(CCc1ccccc1OC)[C@@H]1C=C(C(=O)NCCO)[C@@H]2c3ccccc3O[C@@H]2[C@H]1O. The van der Waals surface area contributed by atoms with Crippen molar-refractivity contribution in [1.82, 2.24) is 10.2 Å². The number of amides is 2. The van der Waals surface area contributed by atoms with E-state index in [9.17, 15) is 19.8 Å². The molecule has 0 aromatic heterocycles. The molecule has 0 radical (unpaired) electrons. The Morgan fingerprint density at radius 1 is 1.11 bits per heavy atom. The van der Waals surface area contributed by atoms with Gasteiger partial charge in [-0.3, -0.25) is 9.59 Å². The molecule has 9 heteroatoms. The predicted octanol–water partition coefficient (Wildman–Crippen LogP) is 1.43. The highest BCUT2D eigenvalue weighted by atomic mass is 16.5. The van der Waals surface area contributed by atoms with Crippen LogP contribution in [0.4, 0.5) is 0 Å². The molecule has 4 atom stereocenters. The van der Waals surface area contributed by atoms with Crippen LogP contribution in [-0.4, -0.2) is 85.7 Å². The summed E-state index contributed by atoms with van der Waals surface area (Å²) in [4.78, 5) is 28.2. The molecule has 0 saturated heterocycles. The number of aliphatic hydroxyl groups excluding tert-OH is 2. The molecule has 0 spiro atoms. The van der Waals surface area contributed by atoms with E-state index in [4.69, 9.17) is 14.2 Å². The number of nitrogens with zero attached hydrogens (tertiary/aromatic N) is 1. The summed E-state index contributed by atoms with van der Waals surface area (Å²) in [6, 6.07) is 14.2. The lowest BCUT2D eigenvalue weighted by molar-refractivity contribution is -0.138. The number of methoxy groups -OCH3 is 2. The van der Waals surface area contributed by atoms with Gasteiger partial charge < -0.3 is 34.6 Å². The Kier molecular flexibility index (Phi) is 8.81. The normalized spacial score (nSPS) is 21.8. The second-order valence-electron chi connectivity index (χ2n) is 9.07. The Balaban J connectivity index is 1.70. The van der Waals surface area contributed by atoms with Crippen LogP contribution in [0.3, 0.4) is 0 Å². The van der Waals surface area contributed by atoms with Crippen LogP contribution in [0.5, 0.6) is 11.5 Å². The van der Waals surface area contributed by atoms with E-state index in [0.717, 1.165) is 11.1 Å². The standard InChI is InChI=1S/C28H34N2O7/c1-35-16-12-24(32)30(14-11-18-7-3-5-9-22(18)36-2)21-17-20(28(34)29-13-15-31)25-19-8-4-6-10-23(19)37-27(25)26(21)33/h3-10,17,21,25-27,31,33H,11-16H2,1-2H3,(H,29,34)/t21-,25+,26+,27+/m1/s1. The molecule has 2 aromatic carbocycles. The number of hydrogen-bond acceptors (Lipinski definition) is 7. The molecule has 0 saturated carbocycles. The van der Waals surface area contributed by atoms with Gasteiger partial charge in [0.1, 0.15) is 23.7 Å². The topological polar surface area (TPSA) is 118 Å². The summed E-state index contributed by atoms with van der Waals surface area (Å²) in [5.74, 6) is 0.247. The first-order chi connectivity index (χ1) is 18.0. The summed E-state index contributed by atoms with van der Waals surface area (Å²) >= 11 is 0. The van der Waals surface area contributed by atoms with Gasteiger partial charge in [-0.05, 0) is 30.2 Å². The summed E-state index contributed by atoms with van der Waals surface area (Å²) < 4.78 is 16.7. The predicted molar refractivity (Wildman–Crippen MR) is 136 cm³/mol. The Hall–Kier alpha value is -3.40. The van der Waals surface area contributed by atoms with E-state index in [0.29, 0.717) is 23.5 Å². The summed E-state index contributed by atoms with van der Waals surface area (Å²) in [5, 5.41) is 23.5. The molecule has 0 unspecified atom stereocenters. The van der Waals surface area contributed by atoms with Crippen molar-refractivity contribution in [3.05, 3.63) is 71.3 Å². The van der Waals surface area contributed by atoms with E-state index < -0.39 is 24.2 Å². The molecule has 37 heavy (non-hydrogen) atoms. The van der Waals surface area contributed by atoms with E-state index in [1.807, 2.05) is 48.5 Å².